The molecule has 1 saturated heterocycles. The lowest BCUT2D eigenvalue weighted by Gasteiger charge is -2.13. The molecule has 0 aromatic heterocycles. The number of amidine groups is 1. The van der Waals surface area contributed by atoms with Crippen molar-refractivity contribution in [2.75, 3.05) is 39.0 Å². The highest BCUT2D eigenvalue weighted by atomic mass is 32.4. The van der Waals surface area contributed by atoms with Gasteiger partial charge in [0.05, 0.1) is 19.7 Å². The first kappa shape index (κ1) is 18.2. The van der Waals surface area contributed by atoms with Gasteiger partial charge in [-0.05, 0) is 31.0 Å². The van der Waals surface area contributed by atoms with Crippen molar-refractivity contribution in [3.05, 3.63) is 35.4 Å². The van der Waals surface area contributed by atoms with Gasteiger partial charge in [-0.2, -0.15) is 4.52 Å². The van der Waals surface area contributed by atoms with Crippen LogP contribution in [0.4, 0.5) is 8.78 Å². The summed E-state index contributed by atoms with van der Waals surface area (Å²) in [5.41, 5.74) is 0.585. The summed E-state index contributed by atoms with van der Waals surface area (Å²) in [6, 6.07) is 4.09. The smallest absolute Gasteiger partial charge is 0.339 e. The van der Waals surface area contributed by atoms with Gasteiger partial charge in [0.25, 0.3) is 6.02 Å². The molecule has 126 valence electrons. The Morgan fingerprint density at radius 2 is 2.09 bits per heavy atom. The van der Waals surface area contributed by atoms with Crippen molar-refractivity contribution in [3.8, 4) is 0 Å². The lowest BCUT2D eigenvalue weighted by Crippen LogP contribution is -2.28. The molecule has 0 amide bonds. The van der Waals surface area contributed by atoms with Crippen LogP contribution in [0.1, 0.15) is 12.5 Å². The second-order valence-electron chi connectivity index (χ2n) is 5.00. The molecule has 1 aromatic carbocycles. The number of benzene rings is 1. The highest BCUT2D eigenvalue weighted by Crippen LogP contribution is 2.22. The molecule has 1 unspecified atom stereocenters. The van der Waals surface area contributed by atoms with Crippen LogP contribution in [0.5, 0.6) is 0 Å². The summed E-state index contributed by atoms with van der Waals surface area (Å²) in [6.45, 7) is 4.29. The van der Waals surface area contributed by atoms with E-state index in [-0.39, 0.29) is 0 Å². The average Bonchev–Trinajstić information content (AvgIpc) is 2.92. The van der Waals surface area contributed by atoms with Crippen molar-refractivity contribution in [3.63, 3.8) is 0 Å². The van der Waals surface area contributed by atoms with Crippen molar-refractivity contribution in [1.82, 2.24) is 4.90 Å². The molecule has 1 aromatic rings. The summed E-state index contributed by atoms with van der Waals surface area (Å²) >= 11 is 5.25. The Labute approximate surface area is 141 Å². The van der Waals surface area contributed by atoms with Gasteiger partial charge in [0.2, 0.25) is 0 Å². The van der Waals surface area contributed by atoms with E-state index in [1.807, 2.05) is 11.8 Å². The Morgan fingerprint density at radius 1 is 1.35 bits per heavy atom. The highest BCUT2D eigenvalue weighted by molar-refractivity contribution is 8.02. The van der Waals surface area contributed by atoms with Crippen LogP contribution in [0.15, 0.2) is 23.2 Å². The Kier molecular flexibility index (Phi) is 7.27. The zero-order valence-electron chi connectivity index (χ0n) is 13.0. The predicted octanol–water partition coefficient (Wildman–Crippen LogP) is 3.09. The van der Waals surface area contributed by atoms with Gasteiger partial charge in [-0.3, -0.25) is 0 Å². The molecular formula is C15H20F2N2O2PS+. The predicted molar refractivity (Wildman–Crippen MR) is 90.7 cm³/mol. The lowest BCUT2D eigenvalue weighted by molar-refractivity contribution is 0.350. The van der Waals surface area contributed by atoms with E-state index in [9.17, 15) is 8.78 Å². The molecule has 0 aliphatic carbocycles. The molecule has 0 spiro atoms. The molecule has 1 aliphatic rings. The van der Waals surface area contributed by atoms with Crippen molar-refractivity contribution in [2.45, 2.75) is 13.3 Å². The van der Waals surface area contributed by atoms with E-state index >= 15 is 0 Å². The Balaban J connectivity index is 1.84. The van der Waals surface area contributed by atoms with E-state index in [0.29, 0.717) is 37.8 Å². The van der Waals surface area contributed by atoms with E-state index < -0.39 is 18.6 Å². The third-order valence-electron chi connectivity index (χ3n) is 3.26. The summed E-state index contributed by atoms with van der Waals surface area (Å²) in [5.74, 6) is -1.14. The zero-order valence-corrected chi connectivity index (χ0v) is 14.7. The van der Waals surface area contributed by atoms with Crippen molar-refractivity contribution in [1.29, 1.82) is 0 Å². The molecular weight excluding hydrogens is 341 g/mol. The number of hydrogen-bond donors (Lipinski definition) is 0. The first-order valence-corrected chi connectivity index (χ1v) is 9.99. The molecule has 1 aliphatic heterocycles. The van der Waals surface area contributed by atoms with Crippen molar-refractivity contribution >= 4 is 24.8 Å². The third-order valence-corrected chi connectivity index (χ3v) is 5.23. The van der Waals surface area contributed by atoms with E-state index in [1.54, 1.807) is 0 Å². The fourth-order valence-corrected chi connectivity index (χ4v) is 3.62. The Morgan fingerprint density at radius 3 is 2.78 bits per heavy atom. The van der Waals surface area contributed by atoms with Crippen LogP contribution in [-0.2, 0) is 27.5 Å². The van der Waals surface area contributed by atoms with Gasteiger partial charge in [0.1, 0.15) is 18.2 Å². The Bertz CT molecular complexity index is 566. The number of rotatable bonds is 8. The van der Waals surface area contributed by atoms with Crippen LogP contribution in [0.2, 0.25) is 0 Å². The number of nitrogens with zero attached hydrogens (tertiary/aromatic N) is 2. The van der Waals surface area contributed by atoms with E-state index in [1.165, 1.54) is 12.1 Å². The fraction of sp³-hybridized carbons (Fsp3) is 0.533. The van der Waals surface area contributed by atoms with Gasteiger partial charge in [0.15, 0.2) is 18.0 Å². The average molecular weight is 361 g/mol. The van der Waals surface area contributed by atoms with Crippen molar-refractivity contribution < 1.29 is 18.0 Å². The maximum absolute atomic E-state index is 13.1. The summed E-state index contributed by atoms with van der Waals surface area (Å²) < 4.78 is 37.2. The van der Waals surface area contributed by atoms with Crippen molar-refractivity contribution in [2.24, 2.45) is 4.99 Å². The number of aliphatic imine (C=N–C) groups is 1. The minimum atomic E-state index is -0.824. The minimum Gasteiger partial charge on any atom is -0.463 e. The standard InChI is InChI=1S/C15H20F2N2O2PS/c1-2-21-22(23)8-6-19-5-7-20-15(19)18-4-3-12-9-13(16)11-14(17)10-12/h9-11H,2-8H2,1H3/q+1. The molecule has 1 heterocycles. The third kappa shape index (κ3) is 6.09. The lowest BCUT2D eigenvalue weighted by atomic mass is 10.1. The quantitative estimate of drug-likeness (QED) is 0.667. The first-order chi connectivity index (χ1) is 11.1. The molecule has 2 rings (SSSR count). The molecule has 0 radical (unpaired) electrons. The van der Waals surface area contributed by atoms with E-state index in [4.69, 9.17) is 21.1 Å². The van der Waals surface area contributed by atoms with Crippen LogP contribution in [0.3, 0.4) is 0 Å². The number of halogens is 2. The Hall–Kier alpha value is -1.17. The molecule has 0 saturated carbocycles. The molecule has 0 N–H and O–H groups in total. The second kappa shape index (κ2) is 9.21. The SMILES string of the molecule is CCO[P+](=S)CCN1CCOC1=NCCc1cc(F)cc(F)c1. The number of hydrogen-bond acceptors (Lipinski definition) is 4. The van der Waals surface area contributed by atoms with Gasteiger partial charge < -0.3 is 9.64 Å². The molecule has 8 heteroatoms. The van der Waals surface area contributed by atoms with E-state index in [0.717, 1.165) is 25.3 Å². The van der Waals surface area contributed by atoms with Crippen LogP contribution < -0.4 is 0 Å². The van der Waals surface area contributed by atoms with Gasteiger partial charge in [0, 0.05) is 12.6 Å². The maximum atomic E-state index is 13.1. The monoisotopic (exact) mass is 361 g/mol. The minimum absolute atomic E-state index is 0.419. The van der Waals surface area contributed by atoms with Crippen LogP contribution >= 0.6 is 6.92 Å². The normalized spacial score (nSPS) is 16.7. The zero-order chi connectivity index (χ0) is 16.7. The number of ether oxygens (including phenoxy) is 1. The second-order valence-corrected chi connectivity index (χ2v) is 7.59. The molecule has 1 atom stereocenters. The van der Waals surface area contributed by atoms with E-state index in [2.05, 4.69) is 4.99 Å². The van der Waals surface area contributed by atoms with Gasteiger partial charge >= 0.3 is 6.92 Å². The first-order valence-electron chi connectivity index (χ1n) is 7.53. The van der Waals surface area contributed by atoms with Gasteiger partial charge in [-0.25, -0.2) is 13.8 Å². The summed E-state index contributed by atoms with van der Waals surface area (Å²) in [7, 11) is 0. The fourth-order valence-electron chi connectivity index (χ4n) is 2.23. The summed E-state index contributed by atoms with van der Waals surface area (Å²) in [5, 5.41) is 0. The van der Waals surface area contributed by atoms with Crippen LogP contribution in [-0.4, -0.2) is 49.9 Å². The van der Waals surface area contributed by atoms with Crippen LogP contribution in [0.25, 0.3) is 0 Å². The summed E-state index contributed by atoms with van der Waals surface area (Å²) in [4.78, 5) is 6.43. The molecule has 23 heavy (non-hydrogen) atoms. The summed E-state index contributed by atoms with van der Waals surface area (Å²) in [6.07, 6.45) is 1.25. The maximum Gasteiger partial charge on any atom is 0.339 e. The highest BCUT2D eigenvalue weighted by Gasteiger charge is 2.23. The molecule has 4 nitrogen and oxygen atoms in total. The van der Waals surface area contributed by atoms with Gasteiger partial charge in [-0.15, -0.1) is 0 Å². The van der Waals surface area contributed by atoms with Crippen LogP contribution in [0, 0.1) is 11.6 Å². The molecule has 1 fully saturated rings. The topological polar surface area (TPSA) is 34.1 Å². The largest absolute Gasteiger partial charge is 0.463 e. The van der Waals surface area contributed by atoms with Gasteiger partial charge in [-0.1, -0.05) is 0 Å². The molecule has 0 bridgehead atoms.